The van der Waals surface area contributed by atoms with E-state index in [1.165, 1.54) is 6.42 Å². The molecule has 0 spiro atoms. The molecule has 1 aliphatic rings. The third-order valence-electron chi connectivity index (χ3n) is 3.09. The summed E-state index contributed by atoms with van der Waals surface area (Å²) in [5.74, 6) is 2.08. The van der Waals surface area contributed by atoms with Gasteiger partial charge in [-0.3, -0.25) is 0 Å². The predicted octanol–water partition coefficient (Wildman–Crippen LogP) is 3.51. The molecular weight excluding hydrogens is 289 g/mol. The van der Waals surface area contributed by atoms with Crippen molar-refractivity contribution in [2.45, 2.75) is 25.3 Å². The van der Waals surface area contributed by atoms with Crippen LogP contribution in [0.3, 0.4) is 0 Å². The molecule has 1 aliphatic carbocycles. The molecule has 84 valence electrons. The molecule has 0 bridgehead atoms. The van der Waals surface area contributed by atoms with Crippen molar-refractivity contribution in [1.82, 2.24) is 14.5 Å². The fraction of sp³-hybridized carbons (Fsp3) is 0.455. The van der Waals surface area contributed by atoms with Gasteiger partial charge in [0.05, 0.1) is 5.88 Å². The number of nitrogens with zero attached hydrogens (tertiary/aromatic N) is 3. The molecule has 2 aromatic rings. The van der Waals surface area contributed by atoms with Crippen molar-refractivity contribution in [2.24, 2.45) is 5.92 Å². The first-order valence-electron chi connectivity index (χ1n) is 5.29. The maximum atomic E-state index is 5.94. The number of imidazole rings is 1. The van der Waals surface area contributed by atoms with Crippen molar-refractivity contribution in [3.8, 4) is 0 Å². The van der Waals surface area contributed by atoms with E-state index < -0.39 is 0 Å². The summed E-state index contributed by atoms with van der Waals surface area (Å²) in [5.41, 5.74) is 1.87. The SMILES string of the molecule is CC1CC1n1c(CCl)nc2cc(Br)cnc21. The Kier molecular flexibility index (Phi) is 2.44. The number of pyridine rings is 1. The Morgan fingerprint density at radius 1 is 1.62 bits per heavy atom. The van der Waals surface area contributed by atoms with Gasteiger partial charge in [-0.25, -0.2) is 9.97 Å². The molecular formula is C11H11BrClN3. The third kappa shape index (κ3) is 1.55. The number of alkyl halides is 1. The molecule has 0 aliphatic heterocycles. The lowest BCUT2D eigenvalue weighted by atomic mass is 10.4. The lowest BCUT2D eigenvalue weighted by Gasteiger charge is -2.04. The molecule has 0 aromatic carbocycles. The van der Waals surface area contributed by atoms with Crippen molar-refractivity contribution >= 4 is 38.7 Å². The fourth-order valence-corrected chi connectivity index (χ4v) is 2.62. The summed E-state index contributed by atoms with van der Waals surface area (Å²) >= 11 is 9.35. The second kappa shape index (κ2) is 3.70. The second-order valence-electron chi connectivity index (χ2n) is 4.31. The average molecular weight is 301 g/mol. The van der Waals surface area contributed by atoms with Crippen molar-refractivity contribution in [1.29, 1.82) is 0 Å². The molecule has 0 N–H and O–H groups in total. The topological polar surface area (TPSA) is 30.7 Å². The maximum Gasteiger partial charge on any atom is 0.160 e. The van der Waals surface area contributed by atoms with Crippen molar-refractivity contribution < 1.29 is 0 Å². The Morgan fingerprint density at radius 2 is 2.38 bits per heavy atom. The van der Waals surface area contributed by atoms with Gasteiger partial charge in [0.2, 0.25) is 0 Å². The van der Waals surface area contributed by atoms with Crippen LogP contribution in [-0.4, -0.2) is 14.5 Å². The van der Waals surface area contributed by atoms with Crippen LogP contribution in [0, 0.1) is 5.92 Å². The van der Waals surface area contributed by atoms with Crippen LogP contribution >= 0.6 is 27.5 Å². The van der Waals surface area contributed by atoms with Crippen molar-refractivity contribution in [2.75, 3.05) is 0 Å². The minimum absolute atomic E-state index is 0.442. The van der Waals surface area contributed by atoms with Gasteiger partial charge in [0.15, 0.2) is 5.65 Å². The first kappa shape index (κ1) is 10.5. The van der Waals surface area contributed by atoms with Crippen LogP contribution in [0.5, 0.6) is 0 Å². The fourth-order valence-electron chi connectivity index (χ4n) is 2.11. The minimum Gasteiger partial charge on any atom is -0.308 e. The molecule has 1 fully saturated rings. The summed E-state index contributed by atoms with van der Waals surface area (Å²) in [6.07, 6.45) is 3.01. The lowest BCUT2D eigenvalue weighted by Crippen LogP contribution is -2.01. The molecule has 1 saturated carbocycles. The molecule has 0 saturated heterocycles. The van der Waals surface area contributed by atoms with Crippen molar-refractivity contribution in [3.05, 3.63) is 22.6 Å². The van der Waals surface area contributed by atoms with Crippen LogP contribution in [0.25, 0.3) is 11.2 Å². The first-order chi connectivity index (χ1) is 7.70. The third-order valence-corrected chi connectivity index (χ3v) is 3.76. The van der Waals surface area contributed by atoms with Crippen LogP contribution in [-0.2, 0) is 5.88 Å². The van der Waals surface area contributed by atoms with E-state index in [4.69, 9.17) is 11.6 Å². The molecule has 2 aromatic heterocycles. The number of aromatic nitrogens is 3. The van der Waals surface area contributed by atoms with E-state index in [1.807, 2.05) is 12.3 Å². The van der Waals surface area contributed by atoms with Crippen LogP contribution in [0.4, 0.5) is 0 Å². The van der Waals surface area contributed by atoms with E-state index in [9.17, 15) is 0 Å². The molecule has 2 heterocycles. The smallest absolute Gasteiger partial charge is 0.160 e. The predicted molar refractivity (Wildman–Crippen MR) is 67.6 cm³/mol. The Balaban J connectivity index is 2.23. The summed E-state index contributed by atoms with van der Waals surface area (Å²) < 4.78 is 3.15. The quantitative estimate of drug-likeness (QED) is 0.795. The number of rotatable bonds is 2. The zero-order chi connectivity index (χ0) is 11.3. The molecule has 16 heavy (non-hydrogen) atoms. The zero-order valence-electron chi connectivity index (χ0n) is 8.82. The van der Waals surface area contributed by atoms with E-state index >= 15 is 0 Å². The molecule has 0 radical (unpaired) electrons. The largest absolute Gasteiger partial charge is 0.308 e. The highest BCUT2D eigenvalue weighted by molar-refractivity contribution is 9.10. The van der Waals surface area contributed by atoms with Gasteiger partial charge in [-0.1, -0.05) is 6.92 Å². The maximum absolute atomic E-state index is 5.94. The standard InChI is InChI=1S/C11H11BrClN3/c1-6-2-9(6)16-10(4-13)15-8-3-7(12)5-14-11(8)16/h3,5-6,9H,2,4H2,1H3. The zero-order valence-corrected chi connectivity index (χ0v) is 11.2. The van der Waals surface area contributed by atoms with Gasteiger partial charge in [0, 0.05) is 16.7 Å². The Labute approximate surface area is 107 Å². The number of halogens is 2. The van der Waals surface area contributed by atoms with Gasteiger partial charge in [-0.15, -0.1) is 11.6 Å². The molecule has 2 atom stereocenters. The van der Waals surface area contributed by atoms with Gasteiger partial charge >= 0.3 is 0 Å². The highest BCUT2D eigenvalue weighted by Crippen LogP contribution is 2.45. The number of hydrogen-bond donors (Lipinski definition) is 0. The number of hydrogen-bond acceptors (Lipinski definition) is 2. The van der Waals surface area contributed by atoms with Crippen LogP contribution in [0.15, 0.2) is 16.7 Å². The summed E-state index contributed by atoms with van der Waals surface area (Å²) in [6.45, 7) is 2.24. The van der Waals surface area contributed by atoms with Gasteiger partial charge < -0.3 is 4.57 Å². The average Bonchev–Trinajstić information content (AvgIpc) is 2.86. The normalized spacial score (nSPS) is 23.9. The minimum atomic E-state index is 0.442. The monoisotopic (exact) mass is 299 g/mol. The molecule has 5 heteroatoms. The summed E-state index contributed by atoms with van der Waals surface area (Å²) in [4.78, 5) is 8.97. The summed E-state index contributed by atoms with van der Waals surface area (Å²) in [7, 11) is 0. The van der Waals surface area contributed by atoms with Crippen molar-refractivity contribution in [3.63, 3.8) is 0 Å². The number of fused-ring (bicyclic) bond motifs is 1. The van der Waals surface area contributed by atoms with E-state index in [1.54, 1.807) is 0 Å². The van der Waals surface area contributed by atoms with E-state index in [0.717, 1.165) is 21.5 Å². The van der Waals surface area contributed by atoms with Crippen LogP contribution in [0.2, 0.25) is 0 Å². The van der Waals surface area contributed by atoms with Crippen LogP contribution in [0.1, 0.15) is 25.2 Å². The lowest BCUT2D eigenvalue weighted by molar-refractivity contribution is 0.672. The Morgan fingerprint density at radius 3 is 3.00 bits per heavy atom. The molecule has 3 nitrogen and oxygen atoms in total. The van der Waals surface area contributed by atoms with Gasteiger partial charge in [-0.2, -0.15) is 0 Å². The first-order valence-corrected chi connectivity index (χ1v) is 6.61. The van der Waals surface area contributed by atoms with E-state index in [0.29, 0.717) is 17.8 Å². The van der Waals surface area contributed by atoms with E-state index in [-0.39, 0.29) is 0 Å². The molecule has 2 unspecified atom stereocenters. The Hall–Kier alpha value is -0.610. The van der Waals surface area contributed by atoms with Crippen LogP contribution < -0.4 is 0 Å². The van der Waals surface area contributed by atoms with Gasteiger partial charge in [-0.05, 0) is 34.3 Å². The highest BCUT2D eigenvalue weighted by atomic mass is 79.9. The van der Waals surface area contributed by atoms with Gasteiger partial charge in [0.25, 0.3) is 0 Å². The van der Waals surface area contributed by atoms with Gasteiger partial charge in [0.1, 0.15) is 11.3 Å². The molecule has 0 amide bonds. The summed E-state index contributed by atoms with van der Waals surface area (Å²) in [5, 5.41) is 0. The second-order valence-corrected chi connectivity index (χ2v) is 5.49. The van der Waals surface area contributed by atoms with E-state index in [2.05, 4.69) is 37.4 Å². The molecule has 3 rings (SSSR count). The highest BCUT2D eigenvalue weighted by Gasteiger charge is 2.37. The summed E-state index contributed by atoms with van der Waals surface area (Å²) in [6, 6.07) is 2.52. The Bertz CT molecular complexity index is 551.